The fourth-order valence-corrected chi connectivity index (χ4v) is 3.29. The summed E-state index contributed by atoms with van der Waals surface area (Å²) >= 11 is 0. The lowest BCUT2D eigenvalue weighted by molar-refractivity contribution is -0.121. The van der Waals surface area contributed by atoms with Crippen LogP contribution in [0.2, 0.25) is 0 Å². The summed E-state index contributed by atoms with van der Waals surface area (Å²) in [6.07, 6.45) is 1.71. The predicted molar refractivity (Wildman–Crippen MR) is 99.6 cm³/mol. The van der Waals surface area contributed by atoms with Gasteiger partial charge in [-0.05, 0) is 44.5 Å². The summed E-state index contributed by atoms with van der Waals surface area (Å²) in [4.78, 5) is 17.2. The molecule has 0 aliphatic carbocycles. The molecule has 25 heavy (non-hydrogen) atoms. The van der Waals surface area contributed by atoms with Crippen LogP contribution >= 0.6 is 0 Å². The van der Waals surface area contributed by atoms with Crippen molar-refractivity contribution in [1.29, 1.82) is 0 Å². The first-order valence-electron chi connectivity index (χ1n) is 8.90. The average Bonchev–Trinajstić information content (AvgIpc) is 3.10. The number of nitrogens with one attached hydrogen (secondary N) is 1. The summed E-state index contributed by atoms with van der Waals surface area (Å²) < 4.78 is 5.42. The smallest absolute Gasteiger partial charge is 0.241 e. The van der Waals surface area contributed by atoms with Gasteiger partial charge < -0.3 is 9.73 Å². The third kappa shape index (κ3) is 4.50. The van der Waals surface area contributed by atoms with Crippen molar-refractivity contribution in [3.63, 3.8) is 0 Å². The van der Waals surface area contributed by atoms with E-state index in [-0.39, 0.29) is 11.9 Å². The van der Waals surface area contributed by atoms with Gasteiger partial charge >= 0.3 is 0 Å². The maximum atomic E-state index is 12.6. The van der Waals surface area contributed by atoms with Crippen LogP contribution in [0.15, 0.2) is 41.0 Å². The van der Waals surface area contributed by atoms with Crippen LogP contribution in [0.25, 0.3) is 0 Å². The topological polar surface area (TPSA) is 48.7 Å². The number of amides is 1. The highest BCUT2D eigenvalue weighted by atomic mass is 16.3. The zero-order valence-electron chi connectivity index (χ0n) is 15.3. The van der Waals surface area contributed by atoms with E-state index >= 15 is 0 Å². The van der Waals surface area contributed by atoms with E-state index in [1.807, 2.05) is 38.1 Å². The lowest BCUT2D eigenvalue weighted by Gasteiger charge is -2.37. The standard InChI is InChI=1S/C20H27N3O2/c1-15-6-7-19(16(2)13-15)21-20(24)17(3)23-10-8-22(9-11-23)14-18-5-4-12-25-18/h4-7,12-13,17H,8-11,14H2,1-3H3,(H,21,24). The van der Waals surface area contributed by atoms with E-state index in [4.69, 9.17) is 4.42 Å². The van der Waals surface area contributed by atoms with Gasteiger partial charge in [0.2, 0.25) is 5.91 Å². The largest absolute Gasteiger partial charge is 0.468 e. The van der Waals surface area contributed by atoms with Crippen LogP contribution in [0, 0.1) is 13.8 Å². The Morgan fingerprint density at radius 2 is 1.96 bits per heavy atom. The summed E-state index contributed by atoms with van der Waals surface area (Å²) in [7, 11) is 0. The van der Waals surface area contributed by atoms with E-state index in [1.54, 1.807) is 6.26 Å². The van der Waals surface area contributed by atoms with Crippen molar-refractivity contribution in [1.82, 2.24) is 9.80 Å². The molecule has 2 heterocycles. The van der Waals surface area contributed by atoms with Gasteiger partial charge in [0.25, 0.3) is 0 Å². The van der Waals surface area contributed by atoms with Crippen LogP contribution < -0.4 is 5.32 Å². The summed E-state index contributed by atoms with van der Waals surface area (Å²) in [6, 6.07) is 9.90. The summed E-state index contributed by atoms with van der Waals surface area (Å²) in [5.41, 5.74) is 3.21. The predicted octanol–water partition coefficient (Wildman–Crippen LogP) is 3.04. The first-order valence-corrected chi connectivity index (χ1v) is 8.90. The molecular formula is C20H27N3O2. The zero-order valence-corrected chi connectivity index (χ0v) is 15.3. The molecule has 1 saturated heterocycles. The van der Waals surface area contributed by atoms with Gasteiger partial charge in [-0.15, -0.1) is 0 Å². The Balaban J connectivity index is 1.51. The summed E-state index contributed by atoms with van der Waals surface area (Å²) in [6.45, 7) is 10.6. The molecule has 1 aromatic carbocycles. The van der Waals surface area contributed by atoms with Crippen molar-refractivity contribution in [3.8, 4) is 0 Å². The van der Waals surface area contributed by atoms with Crippen LogP contribution in [-0.2, 0) is 11.3 Å². The highest BCUT2D eigenvalue weighted by Gasteiger charge is 2.26. The number of rotatable bonds is 5. The highest BCUT2D eigenvalue weighted by molar-refractivity contribution is 5.95. The number of hydrogen-bond acceptors (Lipinski definition) is 4. The maximum absolute atomic E-state index is 12.6. The van der Waals surface area contributed by atoms with Crippen LogP contribution in [-0.4, -0.2) is 47.9 Å². The Bertz CT molecular complexity index is 704. The molecule has 1 fully saturated rings. The zero-order chi connectivity index (χ0) is 17.8. The van der Waals surface area contributed by atoms with Gasteiger partial charge in [-0.25, -0.2) is 0 Å². The third-order valence-corrected chi connectivity index (χ3v) is 4.93. The summed E-state index contributed by atoms with van der Waals surface area (Å²) in [5.74, 6) is 1.06. The van der Waals surface area contributed by atoms with Crippen LogP contribution in [0.4, 0.5) is 5.69 Å². The number of carbonyl (C=O) groups is 1. The van der Waals surface area contributed by atoms with E-state index in [2.05, 4.69) is 28.1 Å². The molecule has 5 nitrogen and oxygen atoms in total. The van der Waals surface area contributed by atoms with Gasteiger partial charge in [-0.1, -0.05) is 17.7 Å². The Morgan fingerprint density at radius 1 is 1.20 bits per heavy atom. The minimum Gasteiger partial charge on any atom is -0.468 e. The van der Waals surface area contributed by atoms with Crippen molar-refractivity contribution >= 4 is 11.6 Å². The number of benzene rings is 1. The van der Waals surface area contributed by atoms with E-state index in [0.29, 0.717) is 0 Å². The average molecular weight is 341 g/mol. The SMILES string of the molecule is Cc1ccc(NC(=O)C(C)N2CCN(Cc3ccco3)CC2)c(C)c1. The van der Waals surface area contributed by atoms with Crippen LogP contribution in [0.5, 0.6) is 0 Å². The Hall–Kier alpha value is -2.11. The molecule has 1 aliphatic rings. The molecule has 3 rings (SSSR count). The van der Waals surface area contributed by atoms with E-state index in [0.717, 1.165) is 49.7 Å². The Kier molecular flexibility index (Phi) is 5.56. The fourth-order valence-electron chi connectivity index (χ4n) is 3.29. The van der Waals surface area contributed by atoms with Gasteiger partial charge in [0.1, 0.15) is 5.76 Å². The van der Waals surface area contributed by atoms with Gasteiger partial charge in [0.15, 0.2) is 0 Å². The Morgan fingerprint density at radius 3 is 2.60 bits per heavy atom. The number of anilines is 1. The van der Waals surface area contributed by atoms with Gasteiger partial charge in [0.05, 0.1) is 18.8 Å². The molecule has 0 radical (unpaired) electrons. The molecule has 1 atom stereocenters. The number of furan rings is 1. The molecule has 1 N–H and O–H groups in total. The number of hydrogen-bond donors (Lipinski definition) is 1. The monoisotopic (exact) mass is 341 g/mol. The minimum atomic E-state index is -0.133. The fraction of sp³-hybridized carbons (Fsp3) is 0.450. The van der Waals surface area contributed by atoms with Crippen molar-refractivity contribution in [2.24, 2.45) is 0 Å². The summed E-state index contributed by atoms with van der Waals surface area (Å²) in [5, 5.41) is 3.07. The normalized spacial score (nSPS) is 17.4. The molecular weight excluding hydrogens is 314 g/mol. The lowest BCUT2D eigenvalue weighted by atomic mass is 10.1. The Labute approximate surface area is 149 Å². The second-order valence-corrected chi connectivity index (χ2v) is 6.88. The molecule has 1 amide bonds. The molecule has 134 valence electrons. The van der Waals surface area contributed by atoms with E-state index < -0.39 is 0 Å². The van der Waals surface area contributed by atoms with Gasteiger partial charge in [-0.2, -0.15) is 0 Å². The van der Waals surface area contributed by atoms with Gasteiger partial charge in [-0.3, -0.25) is 14.6 Å². The minimum absolute atomic E-state index is 0.0615. The molecule has 5 heteroatoms. The lowest BCUT2D eigenvalue weighted by Crippen LogP contribution is -2.52. The molecule has 1 aliphatic heterocycles. The second kappa shape index (κ2) is 7.85. The number of piperazine rings is 1. The molecule has 0 saturated carbocycles. The van der Waals surface area contributed by atoms with Crippen LogP contribution in [0.3, 0.4) is 0 Å². The molecule has 2 aromatic rings. The molecule has 1 unspecified atom stereocenters. The van der Waals surface area contributed by atoms with Crippen molar-refractivity contribution in [2.45, 2.75) is 33.4 Å². The molecule has 1 aromatic heterocycles. The van der Waals surface area contributed by atoms with Crippen molar-refractivity contribution in [2.75, 3.05) is 31.5 Å². The number of carbonyl (C=O) groups excluding carboxylic acids is 1. The van der Waals surface area contributed by atoms with E-state index in [1.165, 1.54) is 5.56 Å². The molecule has 0 spiro atoms. The third-order valence-electron chi connectivity index (χ3n) is 4.93. The quantitative estimate of drug-likeness (QED) is 0.908. The number of nitrogens with zero attached hydrogens (tertiary/aromatic N) is 2. The molecule has 0 bridgehead atoms. The first kappa shape index (κ1) is 17.7. The second-order valence-electron chi connectivity index (χ2n) is 6.88. The first-order chi connectivity index (χ1) is 12.0. The maximum Gasteiger partial charge on any atom is 0.241 e. The van der Waals surface area contributed by atoms with Crippen molar-refractivity contribution < 1.29 is 9.21 Å². The number of aryl methyl sites for hydroxylation is 2. The van der Waals surface area contributed by atoms with E-state index in [9.17, 15) is 4.79 Å². The highest BCUT2D eigenvalue weighted by Crippen LogP contribution is 2.17. The van der Waals surface area contributed by atoms with Crippen LogP contribution in [0.1, 0.15) is 23.8 Å². The van der Waals surface area contributed by atoms with Gasteiger partial charge in [0, 0.05) is 31.9 Å². The van der Waals surface area contributed by atoms with Crippen molar-refractivity contribution in [3.05, 3.63) is 53.5 Å².